The predicted molar refractivity (Wildman–Crippen MR) is 94.2 cm³/mol. The zero-order valence-electron chi connectivity index (χ0n) is 14.0. The van der Waals surface area contributed by atoms with Crippen molar-refractivity contribution in [2.45, 2.75) is 19.8 Å². The first-order valence-electron chi connectivity index (χ1n) is 7.94. The fourth-order valence-electron chi connectivity index (χ4n) is 2.23. The molecule has 0 unspecified atom stereocenters. The van der Waals surface area contributed by atoms with Crippen LogP contribution in [0, 0.1) is 0 Å². The van der Waals surface area contributed by atoms with Gasteiger partial charge >= 0.3 is 0 Å². The summed E-state index contributed by atoms with van der Waals surface area (Å²) in [6.45, 7) is 2.49. The summed E-state index contributed by atoms with van der Waals surface area (Å²) in [4.78, 5) is 24.1. The number of hydrazine groups is 1. The van der Waals surface area contributed by atoms with Crippen LogP contribution in [0.5, 0.6) is 5.75 Å². The molecular weight excluding hydrogens is 304 g/mol. The maximum atomic E-state index is 12.1. The average Bonchev–Trinajstić information content (AvgIpc) is 2.61. The molecule has 0 bridgehead atoms. The quantitative estimate of drug-likeness (QED) is 0.598. The first-order chi connectivity index (χ1) is 11.6. The summed E-state index contributed by atoms with van der Waals surface area (Å²) >= 11 is 0. The van der Waals surface area contributed by atoms with E-state index >= 15 is 0 Å². The molecule has 2 aromatic rings. The highest BCUT2D eigenvalue weighted by Crippen LogP contribution is 2.14. The van der Waals surface area contributed by atoms with Crippen LogP contribution in [0.25, 0.3) is 0 Å². The average molecular weight is 326 g/mol. The molecule has 5 heteroatoms. The van der Waals surface area contributed by atoms with Gasteiger partial charge in [-0.15, -0.1) is 0 Å². The van der Waals surface area contributed by atoms with Crippen molar-refractivity contribution < 1.29 is 14.3 Å². The Morgan fingerprint density at radius 2 is 1.67 bits per heavy atom. The Morgan fingerprint density at radius 3 is 2.29 bits per heavy atom. The standard InChI is InChI=1S/C19H22N2O3/c1-3-24-17-11-9-15(10-12-17)18(22)13-14-19(23)20-21(2)16-7-5-4-6-8-16/h4-12H,3,13-14H2,1-2H3,(H,20,23). The predicted octanol–water partition coefficient (Wildman–Crippen LogP) is 3.22. The number of carbonyl (C=O) groups is 2. The van der Waals surface area contributed by atoms with Gasteiger partial charge in [-0.3, -0.25) is 20.0 Å². The minimum atomic E-state index is -0.194. The van der Waals surface area contributed by atoms with E-state index in [1.54, 1.807) is 36.3 Å². The smallest absolute Gasteiger partial charge is 0.238 e. The third-order valence-corrected chi connectivity index (χ3v) is 3.50. The lowest BCUT2D eigenvalue weighted by molar-refractivity contribution is -0.121. The number of benzene rings is 2. The molecule has 126 valence electrons. The molecule has 0 radical (unpaired) electrons. The third-order valence-electron chi connectivity index (χ3n) is 3.50. The second-order valence-electron chi connectivity index (χ2n) is 5.31. The van der Waals surface area contributed by atoms with E-state index in [4.69, 9.17) is 4.74 Å². The number of Topliss-reactive ketones (excluding diaryl/α,β-unsaturated/α-hetero) is 1. The van der Waals surface area contributed by atoms with Crippen LogP contribution < -0.4 is 15.2 Å². The van der Waals surface area contributed by atoms with E-state index in [2.05, 4.69) is 5.43 Å². The third kappa shape index (κ3) is 5.12. The van der Waals surface area contributed by atoms with E-state index in [1.165, 1.54) is 0 Å². The van der Waals surface area contributed by atoms with Gasteiger partial charge in [-0.05, 0) is 43.3 Å². The zero-order chi connectivity index (χ0) is 17.4. The van der Waals surface area contributed by atoms with Crippen LogP contribution in [0.3, 0.4) is 0 Å². The summed E-state index contributed by atoms with van der Waals surface area (Å²) in [6, 6.07) is 16.5. The van der Waals surface area contributed by atoms with Gasteiger partial charge in [0.2, 0.25) is 5.91 Å². The van der Waals surface area contributed by atoms with Crippen molar-refractivity contribution in [3.8, 4) is 5.75 Å². The Morgan fingerprint density at radius 1 is 1.00 bits per heavy atom. The number of anilines is 1. The van der Waals surface area contributed by atoms with Crippen molar-refractivity contribution in [1.29, 1.82) is 0 Å². The number of hydrogen-bond donors (Lipinski definition) is 1. The van der Waals surface area contributed by atoms with E-state index < -0.39 is 0 Å². The molecule has 0 aliphatic heterocycles. The number of para-hydroxylation sites is 1. The molecule has 2 aromatic carbocycles. The monoisotopic (exact) mass is 326 g/mol. The number of amides is 1. The van der Waals surface area contributed by atoms with Crippen molar-refractivity contribution in [3.63, 3.8) is 0 Å². The van der Waals surface area contributed by atoms with Crippen molar-refractivity contribution in [2.24, 2.45) is 0 Å². The van der Waals surface area contributed by atoms with Crippen LogP contribution in [0.15, 0.2) is 54.6 Å². The van der Waals surface area contributed by atoms with E-state index in [1.807, 2.05) is 37.3 Å². The molecule has 0 fully saturated rings. The van der Waals surface area contributed by atoms with E-state index in [-0.39, 0.29) is 24.5 Å². The second kappa shape index (κ2) is 8.72. The number of nitrogens with one attached hydrogen (secondary N) is 1. The molecule has 0 aromatic heterocycles. The van der Waals surface area contributed by atoms with Crippen molar-refractivity contribution in [3.05, 3.63) is 60.2 Å². The lowest BCUT2D eigenvalue weighted by Gasteiger charge is -2.20. The largest absolute Gasteiger partial charge is 0.494 e. The van der Waals surface area contributed by atoms with Crippen LogP contribution in [0.4, 0.5) is 5.69 Å². The Labute approximate surface area is 142 Å². The lowest BCUT2D eigenvalue weighted by Crippen LogP contribution is -2.39. The number of hydrogen-bond acceptors (Lipinski definition) is 4. The van der Waals surface area contributed by atoms with Crippen LogP contribution in [0.1, 0.15) is 30.1 Å². The molecule has 24 heavy (non-hydrogen) atoms. The van der Waals surface area contributed by atoms with Crippen molar-refractivity contribution in [2.75, 3.05) is 18.7 Å². The highest BCUT2D eigenvalue weighted by molar-refractivity contribution is 5.98. The van der Waals surface area contributed by atoms with Gasteiger partial charge in [0.25, 0.3) is 0 Å². The Bertz CT molecular complexity index is 669. The van der Waals surface area contributed by atoms with Crippen LogP contribution in [0.2, 0.25) is 0 Å². The SMILES string of the molecule is CCOc1ccc(C(=O)CCC(=O)NN(C)c2ccccc2)cc1. The van der Waals surface area contributed by atoms with Gasteiger partial charge in [0, 0.05) is 25.5 Å². The van der Waals surface area contributed by atoms with Crippen LogP contribution >= 0.6 is 0 Å². The molecule has 0 aliphatic rings. The van der Waals surface area contributed by atoms with E-state index in [0.717, 1.165) is 11.4 Å². The maximum absolute atomic E-state index is 12.1. The number of nitrogens with zero attached hydrogens (tertiary/aromatic N) is 1. The van der Waals surface area contributed by atoms with Gasteiger partial charge in [0.15, 0.2) is 5.78 Å². The highest BCUT2D eigenvalue weighted by Gasteiger charge is 2.11. The fourth-order valence-corrected chi connectivity index (χ4v) is 2.23. The lowest BCUT2D eigenvalue weighted by atomic mass is 10.1. The number of ether oxygens (including phenoxy) is 1. The maximum Gasteiger partial charge on any atom is 0.238 e. The van der Waals surface area contributed by atoms with Gasteiger partial charge in [0.05, 0.1) is 12.3 Å². The summed E-state index contributed by atoms with van der Waals surface area (Å²) < 4.78 is 5.34. The normalized spacial score (nSPS) is 10.1. The van der Waals surface area contributed by atoms with Gasteiger partial charge in [-0.25, -0.2) is 0 Å². The molecule has 0 saturated heterocycles. The van der Waals surface area contributed by atoms with Gasteiger partial charge in [-0.1, -0.05) is 18.2 Å². The Kier molecular flexibility index (Phi) is 6.37. The summed E-state index contributed by atoms with van der Waals surface area (Å²) in [5, 5.41) is 1.64. The summed E-state index contributed by atoms with van der Waals surface area (Å²) in [6.07, 6.45) is 0.311. The molecule has 1 amide bonds. The van der Waals surface area contributed by atoms with Crippen LogP contribution in [-0.2, 0) is 4.79 Å². The fraction of sp³-hybridized carbons (Fsp3) is 0.263. The molecule has 0 atom stereocenters. The molecule has 0 heterocycles. The first-order valence-corrected chi connectivity index (χ1v) is 7.94. The van der Waals surface area contributed by atoms with E-state index in [9.17, 15) is 9.59 Å². The topological polar surface area (TPSA) is 58.6 Å². The minimum absolute atomic E-state index is 0.0597. The van der Waals surface area contributed by atoms with Gasteiger partial charge in [-0.2, -0.15) is 0 Å². The molecule has 0 spiro atoms. The number of rotatable bonds is 8. The molecule has 5 nitrogen and oxygen atoms in total. The summed E-state index contributed by atoms with van der Waals surface area (Å²) in [5.74, 6) is 0.479. The molecule has 1 N–H and O–H groups in total. The highest BCUT2D eigenvalue weighted by atomic mass is 16.5. The summed E-state index contributed by atoms with van der Waals surface area (Å²) in [5.41, 5.74) is 4.22. The van der Waals surface area contributed by atoms with Crippen LogP contribution in [-0.4, -0.2) is 25.3 Å². The number of ketones is 1. The Balaban J connectivity index is 1.81. The first kappa shape index (κ1) is 17.5. The number of carbonyl (C=O) groups excluding carboxylic acids is 2. The van der Waals surface area contributed by atoms with Gasteiger partial charge < -0.3 is 4.74 Å². The van der Waals surface area contributed by atoms with E-state index in [0.29, 0.717) is 12.2 Å². The molecule has 2 rings (SSSR count). The molecule has 0 saturated carbocycles. The van der Waals surface area contributed by atoms with Crippen molar-refractivity contribution in [1.82, 2.24) is 5.43 Å². The van der Waals surface area contributed by atoms with Crippen molar-refractivity contribution >= 4 is 17.4 Å². The minimum Gasteiger partial charge on any atom is -0.494 e. The van der Waals surface area contributed by atoms with Gasteiger partial charge in [0.1, 0.15) is 5.75 Å². The second-order valence-corrected chi connectivity index (χ2v) is 5.31. The summed E-state index contributed by atoms with van der Waals surface area (Å²) in [7, 11) is 1.77. The Hall–Kier alpha value is -2.82. The molecule has 0 aliphatic carbocycles. The molecular formula is C19H22N2O3. The zero-order valence-corrected chi connectivity index (χ0v) is 14.0.